The van der Waals surface area contributed by atoms with E-state index in [0.29, 0.717) is 5.71 Å². The fourth-order valence-corrected chi connectivity index (χ4v) is 2.65. The second kappa shape index (κ2) is 9.54. The molecule has 2 rings (SSSR count). The molecule has 0 fully saturated rings. The summed E-state index contributed by atoms with van der Waals surface area (Å²) >= 11 is 0. The van der Waals surface area contributed by atoms with E-state index in [9.17, 15) is 13.2 Å². The molecule has 0 spiro atoms. The van der Waals surface area contributed by atoms with Crippen molar-refractivity contribution in [3.63, 3.8) is 0 Å². The second-order valence-corrected chi connectivity index (χ2v) is 6.23. The average molecular weight is 394 g/mol. The van der Waals surface area contributed by atoms with Crippen molar-refractivity contribution in [3.05, 3.63) is 53.2 Å². The minimum absolute atomic E-state index is 0.240. The zero-order chi connectivity index (χ0) is 20.7. The molecule has 1 N–H and O–H groups in total. The summed E-state index contributed by atoms with van der Waals surface area (Å²) in [5, 5.41) is 4.24. The molecular weight excluding hydrogens is 369 g/mol. The van der Waals surface area contributed by atoms with Crippen molar-refractivity contribution in [2.24, 2.45) is 5.10 Å². The number of alkyl halides is 3. The molecule has 0 atom stereocenters. The van der Waals surface area contributed by atoms with Gasteiger partial charge in [-0.1, -0.05) is 13.8 Å². The van der Waals surface area contributed by atoms with Crippen molar-refractivity contribution >= 4 is 11.5 Å². The molecule has 1 aromatic carbocycles. The van der Waals surface area contributed by atoms with Gasteiger partial charge in [-0.05, 0) is 55.9 Å². The summed E-state index contributed by atoms with van der Waals surface area (Å²) in [4.78, 5) is 6.03. The van der Waals surface area contributed by atoms with E-state index in [4.69, 9.17) is 4.74 Å². The molecule has 0 bridgehead atoms. The molecule has 0 radical (unpaired) electrons. The van der Waals surface area contributed by atoms with Gasteiger partial charge in [0.1, 0.15) is 11.6 Å². The summed E-state index contributed by atoms with van der Waals surface area (Å²) < 4.78 is 43.2. The number of nitrogens with zero attached hydrogens (tertiary/aromatic N) is 3. The van der Waals surface area contributed by atoms with Gasteiger partial charge in [-0.25, -0.2) is 4.98 Å². The van der Waals surface area contributed by atoms with Crippen LogP contribution in [-0.2, 0) is 12.7 Å². The molecule has 1 heterocycles. The number of ether oxygens (including phenoxy) is 1. The van der Waals surface area contributed by atoms with Crippen LogP contribution in [0.2, 0.25) is 0 Å². The first-order valence-corrected chi connectivity index (χ1v) is 9.01. The van der Waals surface area contributed by atoms with Gasteiger partial charge in [0.25, 0.3) is 0 Å². The van der Waals surface area contributed by atoms with E-state index < -0.39 is 11.7 Å². The van der Waals surface area contributed by atoms with Crippen LogP contribution in [-0.4, -0.2) is 35.8 Å². The molecule has 1 aromatic heterocycles. The lowest BCUT2D eigenvalue weighted by Gasteiger charge is -2.20. The van der Waals surface area contributed by atoms with E-state index in [1.165, 1.54) is 6.07 Å². The van der Waals surface area contributed by atoms with Gasteiger partial charge < -0.3 is 4.74 Å². The fourth-order valence-electron chi connectivity index (χ4n) is 2.65. The third-order valence-electron chi connectivity index (χ3n) is 4.42. The fraction of sp³-hybridized carbons (Fsp3) is 0.400. The Bertz CT molecular complexity index is 800. The van der Waals surface area contributed by atoms with Crippen molar-refractivity contribution in [3.8, 4) is 5.75 Å². The molecule has 0 aliphatic carbocycles. The number of hydrazone groups is 1. The Kier molecular flexibility index (Phi) is 7.39. The number of pyridine rings is 1. The number of anilines is 1. The lowest BCUT2D eigenvalue weighted by atomic mass is 10.1. The highest BCUT2D eigenvalue weighted by atomic mass is 19.4. The van der Waals surface area contributed by atoms with E-state index in [2.05, 4.69) is 34.3 Å². The van der Waals surface area contributed by atoms with Crippen LogP contribution in [0.25, 0.3) is 0 Å². The van der Waals surface area contributed by atoms with Crippen molar-refractivity contribution < 1.29 is 17.9 Å². The zero-order valence-corrected chi connectivity index (χ0v) is 16.5. The molecule has 152 valence electrons. The molecule has 5 nitrogen and oxygen atoms in total. The van der Waals surface area contributed by atoms with E-state index in [-0.39, 0.29) is 5.82 Å². The molecule has 8 heteroatoms. The van der Waals surface area contributed by atoms with Crippen LogP contribution in [0.15, 0.2) is 41.6 Å². The quantitative estimate of drug-likeness (QED) is 0.517. The van der Waals surface area contributed by atoms with Crippen molar-refractivity contribution in [1.29, 1.82) is 0 Å². The van der Waals surface area contributed by atoms with Crippen LogP contribution in [0.5, 0.6) is 5.75 Å². The lowest BCUT2D eigenvalue weighted by molar-refractivity contribution is -0.137. The molecule has 0 aliphatic heterocycles. The molecule has 0 saturated heterocycles. The number of rotatable bonds is 8. The van der Waals surface area contributed by atoms with Crippen LogP contribution in [0.1, 0.15) is 37.5 Å². The standard InChI is InChI=1S/C20H25F3N4O/c1-5-27(6-2)13-16-11-15(7-9-18(16)28-4)14(3)25-26-19-10-8-17(12-24-19)20(21,22)23/h7-12H,5-6,13H2,1-4H3,(H,24,26)/b25-14-. The summed E-state index contributed by atoms with van der Waals surface area (Å²) in [6.07, 6.45) is -3.63. The summed E-state index contributed by atoms with van der Waals surface area (Å²) in [5.74, 6) is 1.05. The summed E-state index contributed by atoms with van der Waals surface area (Å²) in [6, 6.07) is 8.02. The maximum Gasteiger partial charge on any atom is 0.417 e. The second-order valence-electron chi connectivity index (χ2n) is 6.23. The summed E-state index contributed by atoms with van der Waals surface area (Å²) in [6.45, 7) is 8.64. The first-order valence-electron chi connectivity index (χ1n) is 9.01. The first kappa shape index (κ1) is 21.7. The van der Waals surface area contributed by atoms with Gasteiger partial charge in [0.2, 0.25) is 0 Å². The highest BCUT2D eigenvalue weighted by Gasteiger charge is 2.30. The molecule has 28 heavy (non-hydrogen) atoms. The lowest BCUT2D eigenvalue weighted by Crippen LogP contribution is -2.22. The van der Waals surface area contributed by atoms with Gasteiger partial charge in [0.05, 0.1) is 18.4 Å². The predicted molar refractivity (Wildman–Crippen MR) is 105 cm³/mol. The third kappa shape index (κ3) is 5.69. The van der Waals surface area contributed by atoms with Crippen LogP contribution in [0.4, 0.5) is 19.0 Å². The minimum atomic E-state index is -4.41. The first-order chi connectivity index (χ1) is 13.3. The predicted octanol–water partition coefficient (Wildman–Crippen LogP) is 4.79. The molecule has 0 amide bonds. The smallest absolute Gasteiger partial charge is 0.417 e. The number of methoxy groups -OCH3 is 1. The number of hydrogen-bond donors (Lipinski definition) is 1. The molecular formula is C20H25F3N4O. The number of aromatic nitrogens is 1. The number of nitrogens with one attached hydrogen (secondary N) is 1. The Hall–Kier alpha value is -2.61. The van der Waals surface area contributed by atoms with E-state index in [0.717, 1.165) is 48.8 Å². The van der Waals surface area contributed by atoms with E-state index >= 15 is 0 Å². The normalized spacial score (nSPS) is 12.4. The van der Waals surface area contributed by atoms with E-state index in [1.54, 1.807) is 7.11 Å². The van der Waals surface area contributed by atoms with Crippen molar-refractivity contribution in [2.45, 2.75) is 33.5 Å². The Morgan fingerprint density at radius 1 is 1.18 bits per heavy atom. The van der Waals surface area contributed by atoms with Gasteiger partial charge in [-0.3, -0.25) is 10.3 Å². The van der Waals surface area contributed by atoms with Crippen LogP contribution >= 0.6 is 0 Å². The van der Waals surface area contributed by atoms with Gasteiger partial charge in [0.15, 0.2) is 0 Å². The molecule has 0 unspecified atom stereocenters. The van der Waals surface area contributed by atoms with Gasteiger partial charge >= 0.3 is 6.18 Å². The van der Waals surface area contributed by atoms with E-state index in [1.807, 2.05) is 25.1 Å². The molecule has 0 aliphatic rings. The van der Waals surface area contributed by atoms with Gasteiger partial charge in [-0.15, -0.1) is 0 Å². The average Bonchev–Trinajstić information content (AvgIpc) is 2.69. The third-order valence-corrected chi connectivity index (χ3v) is 4.42. The van der Waals surface area contributed by atoms with Gasteiger partial charge in [-0.2, -0.15) is 18.3 Å². The minimum Gasteiger partial charge on any atom is -0.496 e. The largest absolute Gasteiger partial charge is 0.496 e. The molecule has 2 aromatic rings. The summed E-state index contributed by atoms with van der Waals surface area (Å²) in [7, 11) is 1.64. The topological polar surface area (TPSA) is 49.8 Å². The Morgan fingerprint density at radius 2 is 1.89 bits per heavy atom. The van der Waals surface area contributed by atoms with Crippen LogP contribution in [0, 0.1) is 0 Å². The number of halogens is 3. The Morgan fingerprint density at radius 3 is 2.43 bits per heavy atom. The SMILES string of the molecule is CCN(CC)Cc1cc(/C(C)=N\Nc2ccc(C(F)(F)F)cn2)ccc1OC. The van der Waals surface area contributed by atoms with Gasteiger partial charge in [0, 0.05) is 18.3 Å². The van der Waals surface area contributed by atoms with Crippen molar-refractivity contribution in [1.82, 2.24) is 9.88 Å². The highest BCUT2D eigenvalue weighted by Crippen LogP contribution is 2.29. The van der Waals surface area contributed by atoms with Crippen LogP contribution < -0.4 is 10.2 Å². The monoisotopic (exact) mass is 394 g/mol. The Labute approximate surface area is 163 Å². The maximum atomic E-state index is 12.6. The number of hydrogen-bond acceptors (Lipinski definition) is 5. The summed E-state index contributed by atoms with van der Waals surface area (Å²) in [5.41, 5.74) is 4.53. The van der Waals surface area contributed by atoms with Crippen LogP contribution in [0.3, 0.4) is 0 Å². The Balaban J connectivity index is 2.17. The molecule has 0 saturated carbocycles. The maximum absolute atomic E-state index is 12.6. The zero-order valence-electron chi connectivity index (χ0n) is 16.5. The van der Waals surface area contributed by atoms with Crippen molar-refractivity contribution in [2.75, 3.05) is 25.6 Å². The highest BCUT2D eigenvalue weighted by molar-refractivity contribution is 5.99. The number of benzene rings is 1.